The number of thioether (sulfide) groups is 1. The van der Waals surface area contributed by atoms with Crippen LogP contribution in [0.5, 0.6) is 0 Å². The van der Waals surface area contributed by atoms with Crippen LogP contribution in [0.25, 0.3) is 11.5 Å². The van der Waals surface area contributed by atoms with Gasteiger partial charge in [-0.1, -0.05) is 35.5 Å². The van der Waals surface area contributed by atoms with Crippen molar-refractivity contribution in [1.29, 1.82) is 0 Å². The molecular formula is C20H18ClN7O3S. The zero-order chi connectivity index (χ0) is 21.9. The summed E-state index contributed by atoms with van der Waals surface area (Å²) in [6, 6.07) is 11.1. The van der Waals surface area contributed by atoms with Gasteiger partial charge in [0.2, 0.25) is 22.8 Å². The summed E-state index contributed by atoms with van der Waals surface area (Å²) in [6.45, 7) is 0.647. The Morgan fingerprint density at radius 1 is 1.19 bits per heavy atom. The van der Waals surface area contributed by atoms with Crippen LogP contribution in [0.4, 0.5) is 0 Å². The molecule has 0 atom stereocenters. The van der Waals surface area contributed by atoms with Gasteiger partial charge < -0.3 is 13.7 Å². The summed E-state index contributed by atoms with van der Waals surface area (Å²) in [5.74, 6) is 1.59. The van der Waals surface area contributed by atoms with E-state index in [0.29, 0.717) is 34.1 Å². The highest BCUT2D eigenvalue weighted by Crippen LogP contribution is 2.31. The minimum atomic E-state index is -0.0393. The fraction of sp³-hybridized carbons (Fsp3) is 0.300. The molecule has 1 aromatic carbocycles. The SMILES string of the molecule is O=C(CSc1nnnn1Cc1ccco1)N(Cc1nnc(-c2ccccc2Cl)o1)C1CC1. The minimum Gasteiger partial charge on any atom is -0.467 e. The second-order valence-electron chi connectivity index (χ2n) is 7.22. The first kappa shape index (κ1) is 20.7. The van der Waals surface area contributed by atoms with Gasteiger partial charge >= 0.3 is 0 Å². The van der Waals surface area contributed by atoms with E-state index in [1.807, 2.05) is 24.3 Å². The van der Waals surface area contributed by atoms with Crippen molar-refractivity contribution in [3.8, 4) is 11.5 Å². The van der Waals surface area contributed by atoms with Crippen molar-refractivity contribution in [3.63, 3.8) is 0 Å². The largest absolute Gasteiger partial charge is 0.467 e. The molecule has 0 spiro atoms. The van der Waals surface area contributed by atoms with Crippen LogP contribution in [0.3, 0.4) is 0 Å². The molecule has 0 radical (unpaired) electrons. The van der Waals surface area contributed by atoms with Crippen LogP contribution in [0.2, 0.25) is 5.02 Å². The molecule has 12 heteroatoms. The van der Waals surface area contributed by atoms with Gasteiger partial charge in [0.15, 0.2) is 0 Å². The van der Waals surface area contributed by atoms with Crippen molar-refractivity contribution in [2.75, 3.05) is 5.75 Å². The van der Waals surface area contributed by atoms with Crippen molar-refractivity contribution in [2.24, 2.45) is 0 Å². The molecule has 0 N–H and O–H groups in total. The highest BCUT2D eigenvalue weighted by Gasteiger charge is 2.34. The third-order valence-corrected chi connectivity index (χ3v) is 6.17. The highest BCUT2D eigenvalue weighted by molar-refractivity contribution is 7.99. The van der Waals surface area contributed by atoms with Gasteiger partial charge in [-0.05, 0) is 47.5 Å². The van der Waals surface area contributed by atoms with Crippen molar-refractivity contribution in [2.45, 2.75) is 37.1 Å². The lowest BCUT2D eigenvalue weighted by Crippen LogP contribution is -2.34. The monoisotopic (exact) mass is 471 g/mol. The molecule has 5 rings (SSSR count). The van der Waals surface area contributed by atoms with E-state index in [9.17, 15) is 4.79 Å². The van der Waals surface area contributed by atoms with Gasteiger partial charge in [-0.15, -0.1) is 15.3 Å². The number of carbonyl (C=O) groups is 1. The van der Waals surface area contributed by atoms with Crippen molar-refractivity contribution in [3.05, 3.63) is 59.3 Å². The molecule has 1 saturated carbocycles. The fourth-order valence-corrected chi connectivity index (χ4v) is 4.15. The first-order chi connectivity index (χ1) is 15.7. The molecule has 1 amide bonds. The number of amides is 1. The van der Waals surface area contributed by atoms with E-state index in [1.54, 1.807) is 28.0 Å². The third kappa shape index (κ3) is 4.68. The molecule has 3 heterocycles. The van der Waals surface area contributed by atoms with Crippen LogP contribution in [-0.4, -0.2) is 53.0 Å². The average molecular weight is 472 g/mol. The Bertz CT molecular complexity index is 1210. The molecule has 3 aromatic heterocycles. The molecule has 10 nitrogen and oxygen atoms in total. The van der Waals surface area contributed by atoms with Crippen LogP contribution < -0.4 is 0 Å². The van der Waals surface area contributed by atoms with Crippen molar-refractivity contribution >= 4 is 29.3 Å². The molecule has 32 heavy (non-hydrogen) atoms. The predicted molar refractivity (Wildman–Crippen MR) is 115 cm³/mol. The van der Waals surface area contributed by atoms with Crippen molar-refractivity contribution in [1.82, 2.24) is 35.3 Å². The molecule has 1 fully saturated rings. The molecule has 164 valence electrons. The Kier molecular flexibility index (Phi) is 5.91. The van der Waals surface area contributed by atoms with E-state index in [0.717, 1.165) is 18.6 Å². The molecule has 4 aromatic rings. The molecule has 1 aliphatic rings. The molecule has 0 aliphatic heterocycles. The number of tetrazole rings is 1. The Hall–Kier alpha value is -3.18. The van der Waals surface area contributed by atoms with E-state index in [4.69, 9.17) is 20.4 Å². The Morgan fingerprint density at radius 3 is 2.84 bits per heavy atom. The van der Waals surface area contributed by atoms with E-state index < -0.39 is 0 Å². The normalized spacial score (nSPS) is 13.4. The second-order valence-corrected chi connectivity index (χ2v) is 8.57. The smallest absolute Gasteiger partial charge is 0.249 e. The van der Waals surface area contributed by atoms with Gasteiger partial charge in [0.25, 0.3) is 0 Å². The number of halogens is 1. The first-order valence-corrected chi connectivity index (χ1v) is 11.3. The third-order valence-electron chi connectivity index (χ3n) is 4.89. The number of aromatic nitrogens is 6. The lowest BCUT2D eigenvalue weighted by molar-refractivity contribution is -0.129. The van der Waals surface area contributed by atoms with Gasteiger partial charge in [0.1, 0.15) is 12.3 Å². The number of benzene rings is 1. The summed E-state index contributed by atoms with van der Waals surface area (Å²) >= 11 is 7.49. The number of hydrogen-bond donors (Lipinski definition) is 0. The maximum Gasteiger partial charge on any atom is 0.249 e. The lowest BCUT2D eigenvalue weighted by Gasteiger charge is -2.20. The van der Waals surface area contributed by atoms with Crippen LogP contribution >= 0.6 is 23.4 Å². The summed E-state index contributed by atoms with van der Waals surface area (Å²) in [4.78, 5) is 14.8. The summed E-state index contributed by atoms with van der Waals surface area (Å²) in [6.07, 6.45) is 3.51. The second kappa shape index (κ2) is 9.13. The summed E-state index contributed by atoms with van der Waals surface area (Å²) in [5, 5.41) is 21.0. The van der Waals surface area contributed by atoms with Gasteiger partial charge in [-0.2, -0.15) is 0 Å². The van der Waals surface area contributed by atoms with E-state index in [-0.39, 0.29) is 24.2 Å². The average Bonchev–Trinajstić information content (AvgIpc) is 3.17. The van der Waals surface area contributed by atoms with Crippen LogP contribution in [-0.2, 0) is 17.9 Å². The maximum atomic E-state index is 13.0. The highest BCUT2D eigenvalue weighted by atomic mass is 35.5. The Labute approximate surface area is 191 Å². The Balaban J connectivity index is 1.23. The molecule has 1 aliphatic carbocycles. The maximum absolute atomic E-state index is 13.0. The number of nitrogens with zero attached hydrogens (tertiary/aromatic N) is 7. The van der Waals surface area contributed by atoms with Gasteiger partial charge in [-0.25, -0.2) is 4.68 Å². The quantitative estimate of drug-likeness (QED) is 0.339. The number of furan rings is 1. The topological polar surface area (TPSA) is 116 Å². The summed E-state index contributed by atoms with van der Waals surface area (Å²) in [5.41, 5.74) is 0.663. The first-order valence-electron chi connectivity index (χ1n) is 9.95. The summed E-state index contributed by atoms with van der Waals surface area (Å²) < 4.78 is 12.7. The minimum absolute atomic E-state index is 0.0393. The number of carbonyl (C=O) groups excluding carboxylic acids is 1. The number of hydrogen-bond acceptors (Lipinski definition) is 9. The van der Waals surface area contributed by atoms with E-state index in [2.05, 4.69) is 25.7 Å². The standard InChI is InChI=1S/C20H18ClN7O3S/c21-16-6-2-1-5-15(16)19-23-22-17(31-19)11-27(13-7-8-13)18(29)12-32-20-24-25-26-28(20)10-14-4-3-9-30-14/h1-6,9,13H,7-8,10-12H2. The summed E-state index contributed by atoms with van der Waals surface area (Å²) in [7, 11) is 0. The fourth-order valence-electron chi connectivity index (χ4n) is 3.17. The van der Waals surface area contributed by atoms with Gasteiger partial charge in [-0.3, -0.25) is 4.79 Å². The van der Waals surface area contributed by atoms with Crippen molar-refractivity contribution < 1.29 is 13.6 Å². The van der Waals surface area contributed by atoms with Crippen LogP contribution in [0.15, 0.2) is 56.7 Å². The molecule has 0 saturated heterocycles. The zero-order valence-corrected chi connectivity index (χ0v) is 18.4. The van der Waals surface area contributed by atoms with Gasteiger partial charge in [0.05, 0.1) is 29.1 Å². The van der Waals surface area contributed by atoms with E-state index in [1.165, 1.54) is 11.8 Å². The predicted octanol–water partition coefficient (Wildman–Crippen LogP) is 3.30. The zero-order valence-electron chi connectivity index (χ0n) is 16.8. The number of rotatable bonds is 9. The van der Waals surface area contributed by atoms with Crippen LogP contribution in [0.1, 0.15) is 24.5 Å². The molecular weight excluding hydrogens is 454 g/mol. The molecule has 0 unspecified atom stereocenters. The van der Waals surface area contributed by atoms with Crippen LogP contribution in [0, 0.1) is 0 Å². The van der Waals surface area contributed by atoms with Gasteiger partial charge in [0, 0.05) is 6.04 Å². The molecule has 0 bridgehead atoms. The Morgan fingerprint density at radius 2 is 2.06 bits per heavy atom. The van der Waals surface area contributed by atoms with E-state index >= 15 is 0 Å². The lowest BCUT2D eigenvalue weighted by atomic mass is 10.2.